The van der Waals surface area contributed by atoms with Crippen LogP contribution in [0.2, 0.25) is 5.02 Å². The van der Waals surface area contributed by atoms with Gasteiger partial charge < -0.3 is 4.74 Å². The third-order valence-corrected chi connectivity index (χ3v) is 7.27. The van der Waals surface area contributed by atoms with Crippen LogP contribution in [-0.2, 0) is 15.8 Å². The number of hydrogen-bond donors (Lipinski definition) is 1. The quantitative estimate of drug-likeness (QED) is 0.387. The molecule has 0 atom stereocenters. The Kier molecular flexibility index (Phi) is 6.40. The summed E-state index contributed by atoms with van der Waals surface area (Å²) in [7, 11) is -2.27. The molecule has 7 nitrogen and oxygen atoms in total. The molecule has 0 aliphatic carbocycles. The molecular formula is C22H18ClN3O4S2. The number of anilines is 1. The fourth-order valence-corrected chi connectivity index (χ4v) is 5.19. The summed E-state index contributed by atoms with van der Waals surface area (Å²) in [4.78, 5) is 17.7. The topological polar surface area (TPSA) is 89.8 Å². The van der Waals surface area contributed by atoms with Gasteiger partial charge in [0.25, 0.3) is 15.6 Å². The van der Waals surface area contributed by atoms with E-state index in [1.165, 1.54) is 47.7 Å². The second-order valence-electron chi connectivity index (χ2n) is 6.73. The van der Waals surface area contributed by atoms with Gasteiger partial charge in [0.2, 0.25) is 0 Å². The standard InChI is InChI=1S/C22H18ClN3O4S2/c1-30-17-7-9-18(10-8-17)32(28,29)25-19-4-2-3-5-20(19)31-14-16-12-22(27)26-13-15(23)6-11-21(26)24-16/h2-13,25H,14H2,1H3. The van der Waals surface area contributed by atoms with E-state index in [1.54, 1.807) is 36.4 Å². The van der Waals surface area contributed by atoms with Gasteiger partial charge in [-0.05, 0) is 48.5 Å². The van der Waals surface area contributed by atoms with E-state index in [4.69, 9.17) is 16.3 Å². The van der Waals surface area contributed by atoms with Crippen molar-refractivity contribution in [2.24, 2.45) is 0 Å². The highest BCUT2D eigenvalue weighted by atomic mass is 35.5. The highest BCUT2D eigenvalue weighted by Gasteiger charge is 2.16. The fourth-order valence-electron chi connectivity index (χ4n) is 2.99. The zero-order valence-corrected chi connectivity index (χ0v) is 19.2. The minimum absolute atomic E-state index is 0.126. The van der Waals surface area contributed by atoms with E-state index in [-0.39, 0.29) is 10.5 Å². The van der Waals surface area contributed by atoms with Crippen LogP contribution in [0, 0.1) is 0 Å². The van der Waals surface area contributed by atoms with Crippen LogP contribution in [0.4, 0.5) is 5.69 Å². The molecule has 32 heavy (non-hydrogen) atoms. The molecule has 0 unspecified atom stereocenters. The number of methoxy groups -OCH3 is 1. The molecule has 0 spiro atoms. The van der Waals surface area contributed by atoms with Crippen LogP contribution in [0.25, 0.3) is 5.65 Å². The average Bonchev–Trinajstić information content (AvgIpc) is 2.79. The molecule has 4 aromatic rings. The molecule has 0 bridgehead atoms. The van der Waals surface area contributed by atoms with Crippen LogP contribution in [0.1, 0.15) is 5.69 Å². The van der Waals surface area contributed by atoms with Crippen molar-refractivity contribution in [3.63, 3.8) is 0 Å². The largest absolute Gasteiger partial charge is 0.497 e. The van der Waals surface area contributed by atoms with Crippen LogP contribution in [-0.4, -0.2) is 24.9 Å². The lowest BCUT2D eigenvalue weighted by Gasteiger charge is -2.13. The molecule has 0 fully saturated rings. The van der Waals surface area contributed by atoms with Gasteiger partial charge in [0.15, 0.2) is 0 Å². The predicted octanol–water partition coefficient (Wildman–Crippen LogP) is 4.45. The number of fused-ring (bicyclic) bond motifs is 1. The average molecular weight is 488 g/mol. The maximum atomic E-state index is 12.8. The summed E-state index contributed by atoms with van der Waals surface area (Å²) in [5, 5.41) is 0.446. The number of rotatable bonds is 7. The summed E-state index contributed by atoms with van der Waals surface area (Å²) in [6.07, 6.45) is 1.52. The lowest BCUT2D eigenvalue weighted by atomic mass is 10.3. The number of para-hydroxylation sites is 1. The third kappa shape index (κ3) is 4.90. The number of sulfonamides is 1. The summed E-state index contributed by atoms with van der Waals surface area (Å²) in [6, 6.07) is 18.0. The molecule has 0 aliphatic rings. The molecular weight excluding hydrogens is 470 g/mol. The molecule has 1 N–H and O–H groups in total. The van der Waals surface area contributed by atoms with Crippen LogP contribution in [0.15, 0.2) is 87.5 Å². The number of nitrogens with zero attached hydrogens (tertiary/aromatic N) is 2. The Morgan fingerprint density at radius 1 is 1.09 bits per heavy atom. The Morgan fingerprint density at radius 3 is 2.59 bits per heavy atom. The molecule has 2 aromatic carbocycles. The molecule has 0 amide bonds. The minimum Gasteiger partial charge on any atom is -0.497 e. The van der Waals surface area contributed by atoms with E-state index >= 15 is 0 Å². The summed E-state index contributed by atoms with van der Waals surface area (Å²) in [5.74, 6) is 0.955. The molecule has 0 radical (unpaired) electrons. The first kappa shape index (κ1) is 22.2. The van der Waals surface area contributed by atoms with Gasteiger partial charge in [-0.3, -0.25) is 13.9 Å². The van der Waals surface area contributed by atoms with E-state index in [0.717, 1.165) is 0 Å². The van der Waals surface area contributed by atoms with E-state index in [9.17, 15) is 13.2 Å². The van der Waals surface area contributed by atoms with Crippen molar-refractivity contribution < 1.29 is 13.2 Å². The zero-order valence-electron chi connectivity index (χ0n) is 16.9. The van der Waals surface area contributed by atoms with Gasteiger partial charge in [0.05, 0.1) is 28.4 Å². The van der Waals surface area contributed by atoms with Crippen molar-refractivity contribution >= 4 is 44.7 Å². The van der Waals surface area contributed by atoms with Gasteiger partial charge in [-0.2, -0.15) is 0 Å². The van der Waals surface area contributed by atoms with Crippen molar-refractivity contribution in [2.45, 2.75) is 15.5 Å². The third-order valence-electron chi connectivity index (χ3n) is 4.55. The first-order chi connectivity index (χ1) is 15.4. The van der Waals surface area contributed by atoms with Crippen molar-refractivity contribution in [3.05, 3.63) is 94.0 Å². The Morgan fingerprint density at radius 2 is 1.84 bits per heavy atom. The summed E-state index contributed by atoms with van der Waals surface area (Å²) in [6.45, 7) is 0. The summed E-state index contributed by atoms with van der Waals surface area (Å²) >= 11 is 7.33. The second kappa shape index (κ2) is 9.23. The Balaban J connectivity index is 1.55. The Hall–Kier alpha value is -3.01. The van der Waals surface area contributed by atoms with Crippen molar-refractivity contribution in [2.75, 3.05) is 11.8 Å². The lowest BCUT2D eigenvalue weighted by Crippen LogP contribution is -2.15. The number of hydrogen-bond acceptors (Lipinski definition) is 6. The van der Waals surface area contributed by atoms with Crippen LogP contribution >= 0.6 is 23.4 Å². The number of aromatic nitrogens is 2. The molecule has 0 aliphatic heterocycles. The van der Waals surface area contributed by atoms with Gasteiger partial charge >= 0.3 is 0 Å². The first-order valence-corrected chi connectivity index (χ1v) is 12.3. The van der Waals surface area contributed by atoms with E-state index in [0.29, 0.717) is 38.4 Å². The molecule has 0 saturated carbocycles. The SMILES string of the molecule is COc1ccc(S(=O)(=O)Nc2ccccc2SCc2cc(=O)n3cc(Cl)ccc3n2)cc1. The molecule has 2 heterocycles. The summed E-state index contributed by atoms with van der Waals surface area (Å²) < 4.78 is 34.7. The van der Waals surface area contributed by atoms with Crippen molar-refractivity contribution in [1.29, 1.82) is 0 Å². The second-order valence-corrected chi connectivity index (χ2v) is 9.86. The first-order valence-electron chi connectivity index (χ1n) is 9.42. The monoisotopic (exact) mass is 487 g/mol. The normalized spacial score (nSPS) is 11.4. The highest BCUT2D eigenvalue weighted by molar-refractivity contribution is 7.98. The van der Waals surface area contributed by atoms with Crippen molar-refractivity contribution in [3.8, 4) is 5.75 Å². The smallest absolute Gasteiger partial charge is 0.261 e. The number of halogens is 1. The van der Waals surface area contributed by atoms with Gasteiger partial charge in [-0.15, -0.1) is 11.8 Å². The number of thioether (sulfide) groups is 1. The van der Waals surface area contributed by atoms with E-state index in [2.05, 4.69) is 9.71 Å². The maximum Gasteiger partial charge on any atom is 0.261 e. The Labute approximate surface area is 194 Å². The van der Waals surface area contributed by atoms with Gasteiger partial charge in [0, 0.05) is 22.9 Å². The molecule has 2 aromatic heterocycles. The molecule has 4 rings (SSSR count). The summed E-state index contributed by atoms with van der Waals surface area (Å²) in [5.41, 5.74) is 1.28. The van der Waals surface area contributed by atoms with E-state index in [1.807, 2.05) is 12.1 Å². The van der Waals surface area contributed by atoms with E-state index < -0.39 is 10.0 Å². The van der Waals surface area contributed by atoms with Gasteiger partial charge in [0.1, 0.15) is 11.4 Å². The maximum absolute atomic E-state index is 12.8. The van der Waals surface area contributed by atoms with Gasteiger partial charge in [-0.25, -0.2) is 13.4 Å². The molecule has 10 heteroatoms. The molecule has 0 saturated heterocycles. The Bertz CT molecular complexity index is 1440. The lowest BCUT2D eigenvalue weighted by molar-refractivity contribution is 0.414. The number of benzene rings is 2. The number of ether oxygens (including phenoxy) is 1. The molecule has 164 valence electrons. The zero-order chi connectivity index (χ0) is 22.7. The minimum atomic E-state index is -3.78. The fraction of sp³-hybridized carbons (Fsp3) is 0.0909. The van der Waals surface area contributed by atoms with Crippen LogP contribution in [0.3, 0.4) is 0 Å². The van der Waals surface area contributed by atoms with Crippen LogP contribution < -0.4 is 15.0 Å². The number of pyridine rings is 1. The van der Waals surface area contributed by atoms with Gasteiger partial charge in [-0.1, -0.05) is 23.7 Å². The highest BCUT2D eigenvalue weighted by Crippen LogP contribution is 2.31. The number of nitrogens with one attached hydrogen (secondary N) is 1. The predicted molar refractivity (Wildman–Crippen MR) is 126 cm³/mol. The van der Waals surface area contributed by atoms with Crippen molar-refractivity contribution in [1.82, 2.24) is 9.38 Å². The van der Waals surface area contributed by atoms with Crippen LogP contribution in [0.5, 0.6) is 5.75 Å².